The Bertz CT molecular complexity index is 523. The topological polar surface area (TPSA) is 48.1 Å². The molecule has 2 rings (SSSR count). The van der Waals surface area contributed by atoms with Crippen LogP contribution in [0.2, 0.25) is 0 Å². The van der Waals surface area contributed by atoms with Gasteiger partial charge in [0.1, 0.15) is 11.3 Å². The number of nitrogens with two attached hydrogens (primary N) is 1. The van der Waals surface area contributed by atoms with Crippen molar-refractivity contribution < 1.29 is 4.74 Å². The second-order valence-corrected chi connectivity index (χ2v) is 4.68. The van der Waals surface area contributed by atoms with Crippen LogP contribution in [0.15, 0.2) is 30.5 Å². The average Bonchev–Trinajstić information content (AvgIpc) is 2.37. The molecule has 1 heterocycles. The molecule has 0 fully saturated rings. The average molecular weight is 244 g/mol. The number of benzene rings is 1. The maximum Gasteiger partial charge on any atom is 0.145 e. The van der Waals surface area contributed by atoms with Crippen LogP contribution in [0.25, 0.3) is 10.9 Å². The standard InChI is InChI=1S/C15H20N2O/c1-11(2)18-14-8-7-12(5-3-9-16)13-6-4-10-17-15(13)14/h4,6-8,10-11H,3,5,9,16H2,1-2H3. The quantitative estimate of drug-likeness (QED) is 0.879. The zero-order chi connectivity index (χ0) is 13.0. The van der Waals surface area contributed by atoms with Crippen LogP contribution in [0, 0.1) is 0 Å². The highest BCUT2D eigenvalue weighted by atomic mass is 16.5. The number of aromatic nitrogens is 1. The molecule has 0 radical (unpaired) electrons. The number of fused-ring (bicyclic) bond motifs is 1. The van der Waals surface area contributed by atoms with Gasteiger partial charge in [0.15, 0.2) is 0 Å². The van der Waals surface area contributed by atoms with Crippen molar-refractivity contribution in [3.63, 3.8) is 0 Å². The lowest BCUT2D eigenvalue weighted by Crippen LogP contribution is -2.07. The zero-order valence-corrected chi connectivity index (χ0v) is 11.0. The minimum absolute atomic E-state index is 0.157. The normalized spacial score (nSPS) is 11.1. The largest absolute Gasteiger partial charge is 0.489 e. The molecule has 0 aliphatic heterocycles. The fourth-order valence-corrected chi connectivity index (χ4v) is 2.07. The summed E-state index contributed by atoms with van der Waals surface area (Å²) in [7, 11) is 0. The van der Waals surface area contributed by atoms with Crippen LogP contribution in [0.4, 0.5) is 0 Å². The van der Waals surface area contributed by atoms with E-state index in [1.807, 2.05) is 32.2 Å². The van der Waals surface area contributed by atoms with Crippen LogP contribution >= 0.6 is 0 Å². The summed E-state index contributed by atoms with van der Waals surface area (Å²) < 4.78 is 5.80. The van der Waals surface area contributed by atoms with Crippen LogP contribution < -0.4 is 10.5 Å². The van der Waals surface area contributed by atoms with E-state index in [2.05, 4.69) is 17.1 Å². The van der Waals surface area contributed by atoms with Gasteiger partial charge in [0.25, 0.3) is 0 Å². The predicted octanol–water partition coefficient (Wildman–Crippen LogP) is 2.91. The molecule has 0 saturated carbocycles. The molecule has 0 saturated heterocycles. The van der Waals surface area contributed by atoms with Gasteiger partial charge in [-0.2, -0.15) is 0 Å². The zero-order valence-electron chi connectivity index (χ0n) is 11.0. The summed E-state index contributed by atoms with van der Waals surface area (Å²) in [4.78, 5) is 4.45. The molecule has 18 heavy (non-hydrogen) atoms. The van der Waals surface area contributed by atoms with Gasteiger partial charge in [-0.3, -0.25) is 4.98 Å². The summed E-state index contributed by atoms with van der Waals surface area (Å²) >= 11 is 0. The Kier molecular flexibility index (Phi) is 4.15. The van der Waals surface area contributed by atoms with E-state index in [1.165, 1.54) is 10.9 Å². The highest BCUT2D eigenvalue weighted by molar-refractivity contribution is 5.87. The lowest BCUT2D eigenvalue weighted by molar-refractivity contribution is 0.245. The molecule has 0 bridgehead atoms. The van der Waals surface area contributed by atoms with Crippen LogP contribution in [0.3, 0.4) is 0 Å². The second kappa shape index (κ2) is 5.83. The molecule has 2 N–H and O–H groups in total. The first-order valence-electron chi connectivity index (χ1n) is 6.45. The first kappa shape index (κ1) is 12.8. The maximum atomic E-state index is 5.80. The van der Waals surface area contributed by atoms with E-state index in [1.54, 1.807) is 0 Å². The van der Waals surface area contributed by atoms with Crippen molar-refractivity contribution in [1.29, 1.82) is 0 Å². The first-order valence-corrected chi connectivity index (χ1v) is 6.45. The number of aryl methyl sites for hydroxylation is 1. The summed E-state index contributed by atoms with van der Waals surface area (Å²) in [6, 6.07) is 8.20. The second-order valence-electron chi connectivity index (χ2n) is 4.68. The number of hydrogen-bond donors (Lipinski definition) is 1. The summed E-state index contributed by atoms with van der Waals surface area (Å²) in [6.45, 7) is 4.76. The van der Waals surface area contributed by atoms with Gasteiger partial charge in [-0.1, -0.05) is 12.1 Å². The number of nitrogens with zero attached hydrogens (tertiary/aromatic N) is 1. The van der Waals surface area contributed by atoms with Crippen LogP contribution in [0.1, 0.15) is 25.8 Å². The highest BCUT2D eigenvalue weighted by Gasteiger charge is 2.08. The first-order chi connectivity index (χ1) is 8.72. The third-order valence-corrected chi connectivity index (χ3v) is 2.84. The van der Waals surface area contributed by atoms with Crippen LogP contribution in [-0.2, 0) is 6.42 Å². The summed E-state index contributed by atoms with van der Waals surface area (Å²) in [5.41, 5.74) is 7.81. The van der Waals surface area contributed by atoms with E-state index in [0.29, 0.717) is 6.54 Å². The third-order valence-electron chi connectivity index (χ3n) is 2.84. The van der Waals surface area contributed by atoms with Gasteiger partial charge in [0, 0.05) is 11.6 Å². The smallest absolute Gasteiger partial charge is 0.145 e. The molecule has 96 valence electrons. The Morgan fingerprint density at radius 2 is 2.11 bits per heavy atom. The van der Waals surface area contributed by atoms with Crippen molar-refractivity contribution in [3.8, 4) is 5.75 Å². The molecule has 3 heteroatoms. The Hall–Kier alpha value is -1.61. The van der Waals surface area contributed by atoms with Crippen LogP contribution in [0.5, 0.6) is 5.75 Å². The fourth-order valence-electron chi connectivity index (χ4n) is 2.07. The summed E-state index contributed by atoms with van der Waals surface area (Å²) in [5.74, 6) is 0.858. The lowest BCUT2D eigenvalue weighted by atomic mass is 10.0. The van der Waals surface area contributed by atoms with Gasteiger partial charge in [-0.05, 0) is 50.9 Å². The van der Waals surface area contributed by atoms with Crippen molar-refractivity contribution in [1.82, 2.24) is 4.98 Å². The van der Waals surface area contributed by atoms with E-state index in [4.69, 9.17) is 10.5 Å². The Labute approximate surface area is 108 Å². The molecule has 0 atom stereocenters. The molecule has 3 nitrogen and oxygen atoms in total. The molecule has 2 aromatic rings. The fraction of sp³-hybridized carbons (Fsp3) is 0.400. The third kappa shape index (κ3) is 2.79. The molecule has 0 amide bonds. The molecular weight excluding hydrogens is 224 g/mol. The van der Waals surface area contributed by atoms with Gasteiger partial charge in [-0.25, -0.2) is 0 Å². The molecule has 1 aromatic carbocycles. The van der Waals surface area contributed by atoms with Crippen molar-refractivity contribution in [2.24, 2.45) is 5.73 Å². The number of rotatable bonds is 5. The van der Waals surface area contributed by atoms with Crippen molar-refractivity contribution in [3.05, 3.63) is 36.0 Å². The molecule has 0 unspecified atom stereocenters. The molecule has 0 aliphatic rings. The molecular formula is C15H20N2O. The van der Waals surface area contributed by atoms with E-state index in [-0.39, 0.29) is 6.10 Å². The van der Waals surface area contributed by atoms with E-state index in [0.717, 1.165) is 24.1 Å². The number of ether oxygens (including phenoxy) is 1. The Morgan fingerprint density at radius 3 is 2.83 bits per heavy atom. The van der Waals surface area contributed by atoms with Gasteiger partial charge >= 0.3 is 0 Å². The maximum absolute atomic E-state index is 5.80. The van der Waals surface area contributed by atoms with E-state index < -0.39 is 0 Å². The molecule has 0 aliphatic carbocycles. The van der Waals surface area contributed by atoms with Crippen LogP contribution in [-0.4, -0.2) is 17.6 Å². The van der Waals surface area contributed by atoms with Crippen molar-refractivity contribution in [2.45, 2.75) is 32.8 Å². The number of hydrogen-bond acceptors (Lipinski definition) is 3. The minimum atomic E-state index is 0.157. The molecule has 1 aromatic heterocycles. The van der Waals surface area contributed by atoms with Gasteiger partial charge in [0.05, 0.1) is 6.10 Å². The monoisotopic (exact) mass is 244 g/mol. The van der Waals surface area contributed by atoms with E-state index >= 15 is 0 Å². The van der Waals surface area contributed by atoms with E-state index in [9.17, 15) is 0 Å². The lowest BCUT2D eigenvalue weighted by Gasteiger charge is -2.13. The molecule has 0 spiro atoms. The SMILES string of the molecule is CC(C)Oc1ccc(CCCN)c2cccnc12. The van der Waals surface area contributed by atoms with Crippen molar-refractivity contribution in [2.75, 3.05) is 6.54 Å². The Morgan fingerprint density at radius 1 is 1.28 bits per heavy atom. The number of pyridine rings is 1. The van der Waals surface area contributed by atoms with Gasteiger partial charge in [0.2, 0.25) is 0 Å². The van der Waals surface area contributed by atoms with Gasteiger partial charge < -0.3 is 10.5 Å². The minimum Gasteiger partial charge on any atom is -0.489 e. The van der Waals surface area contributed by atoms with Gasteiger partial charge in [-0.15, -0.1) is 0 Å². The Balaban J connectivity index is 2.44. The summed E-state index contributed by atoms with van der Waals surface area (Å²) in [5, 5.41) is 1.17. The highest BCUT2D eigenvalue weighted by Crippen LogP contribution is 2.28. The summed E-state index contributed by atoms with van der Waals surface area (Å²) in [6.07, 6.45) is 3.95. The predicted molar refractivity (Wildman–Crippen MR) is 74.9 cm³/mol. The van der Waals surface area contributed by atoms with Crippen molar-refractivity contribution >= 4 is 10.9 Å².